The predicted octanol–water partition coefficient (Wildman–Crippen LogP) is 2.37. The van der Waals surface area contributed by atoms with Gasteiger partial charge in [-0.3, -0.25) is 4.79 Å². The molecule has 2 atom stereocenters. The fourth-order valence-electron chi connectivity index (χ4n) is 2.67. The first-order valence-corrected chi connectivity index (χ1v) is 6.63. The van der Waals surface area contributed by atoms with E-state index >= 15 is 0 Å². The minimum atomic E-state index is 0.144. The van der Waals surface area contributed by atoms with Crippen LogP contribution in [0.2, 0.25) is 0 Å². The van der Waals surface area contributed by atoms with Crippen molar-refractivity contribution >= 4 is 21.8 Å². The number of fused-ring (bicyclic) bond motifs is 2. The number of rotatable bonds is 1. The van der Waals surface area contributed by atoms with Crippen LogP contribution in [0.25, 0.3) is 0 Å². The number of ether oxygens (including phenoxy) is 1. The maximum atomic E-state index is 12.4. The molecule has 2 bridgehead atoms. The zero-order valence-corrected chi connectivity index (χ0v) is 11.2. The lowest BCUT2D eigenvalue weighted by Crippen LogP contribution is -2.41. The van der Waals surface area contributed by atoms with Gasteiger partial charge in [0.25, 0.3) is 5.91 Å². The Hall–Kier alpha value is -0.870. The van der Waals surface area contributed by atoms with E-state index in [1.54, 1.807) is 0 Å². The second-order valence-electron chi connectivity index (χ2n) is 4.76. The van der Waals surface area contributed by atoms with Crippen molar-refractivity contribution in [2.45, 2.75) is 25.5 Å². The molecule has 0 saturated carbocycles. The van der Waals surface area contributed by atoms with Crippen molar-refractivity contribution in [3.63, 3.8) is 0 Å². The van der Waals surface area contributed by atoms with Crippen LogP contribution in [0.3, 0.4) is 0 Å². The quantitative estimate of drug-likeness (QED) is 0.796. The molecule has 0 aliphatic carbocycles. The van der Waals surface area contributed by atoms with Crippen molar-refractivity contribution < 1.29 is 9.53 Å². The molecule has 1 amide bonds. The van der Waals surface area contributed by atoms with E-state index in [0.29, 0.717) is 6.61 Å². The third kappa shape index (κ3) is 1.89. The van der Waals surface area contributed by atoms with E-state index in [1.807, 2.05) is 30.0 Å². The standard InChI is InChI=1S/C13H14BrNO2/c1-8-4-9(14)2-3-12(8)13(16)15-6-11-5-10(15)7-17-11/h2-4,10-11H,5-7H2,1H3. The van der Waals surface area contributed by atoms with Crippen LogP contribution in [0.15, 0.2) is 22.7 Å². The fourth-order valence-corrected chi connectivity index (χ4v) is 3.15. The molecule has 2 aliphatic rings. The minimum Gasteiger partial charge on any atom is -0.374 e. The summed E-state index contributed by atoms with van der Waals surface area (Å²) in [6.45, 7) is 3.42. The summed E-state index contributed by atoms with van der Waals surface area (Å²) in [5, 5.41) is 0. The summed E-state index contributed by atoms with van der Waals surface area (Å²) < 4.78 is 6.53. The SMILES string of the molecule is Cc1cc(Br)ccc1C(=O)N1CC2CC1CO2. The lowest BCUT2D eigenvalue weighted by molar-refractivity contribution is 0.0258. The molecule has 3 rings (SSSR count). The summed E-state index contributed by atoms with van der Waals surface area (Å²) in [6, 6.07) is 6.09. The Morgan fingerprint density at radius 1 is 1.53 bits per heavy atom. The lowest BCUT2D eigenvalue weighted by atomic mass is 10.1. The van der Waals surface area contributed by atoms with Crippen LogP contribution in [0.4, 0.5) is 0 Å². The van der Waals surface area contributed by atoms with Gasteiger partial charge in [-0.2, -0.15) is 0 Å². The molecule has 0 radical (unpaired) electrons. The number of hydrogen-bond acceptors (Lipinski definition) is 2. The molecule has 2 aliphatic heterocycles. The molecular formula is C13H14BrNO2. The maximum absolute atomic E-state index is 12.4. The molecule has 2 fully saturated rings. The highest BCUT2D eigenvalue weighted by atomic mass is 79.9. The van der Waals surface area contributed by atoms with E-state index in [4.69, 9.17) is 4.74 Å². The number of aryl methyl sites for hydroxylation is 1. The van der Waals surface area contributed by atoms with Gasteiger partial charge in [-0.15, -0.1) is 0 Å². The maximum Gasteiger partial charge on any atom is 0.254 e. The Bertz CT molecular complexity index is 474. The van der Waals surface area contributed by atoms with Crippen LogP contribution >= 0.6 is 15.9 Å². The summed E-state index contributed by atoms with van der Waals surface area (Å²) >= 11 is 3.42. The van der Waals surface area contributed by atoms with E-state index in [1.165, 1.54) is 0 Å². The highest BCUT2D eigenvalue weighted by Gasteiger charge is 2.41. The molecule has 90 valence electrons. The van der Waals surface area contributed by atoms with Crippen LogP contribution in [-0.2, 0) is 4.74 Å². The molecule has 2 heterocycles. The molecule has 4 heteroatoms. The molecule has 1 aromatic carbocycles. The summed E-state index contributed by atoms with van der Waals surface area (Å²) in [7, 11) is 0. The van der Waals surface area contributed by atoms with Crippen molar-refractivity contribution in [2.75, 3.05) is 13.2 Å². The van der Waals surface area contributed by atoms with E-state index in [2.05, 4.69) is 15.9 Å². The predicted molar refractivity (Wildman–Crippen MR) is 68.1 cm³/mol. The first-order chi connectivity index (χ1) is 8.15. The lowest BCUT2D eigenvalue weighted by Gasteiger charge is -2.27. The van der Waals surface area contributed by atoms with Crippen LogP contribution in [-0.4, -0.2) is 36.1 Å². The van der Waals surface area contributed by atoms with Gasteiger partial charge in [0.15, 0.2) is 0 Å². The third-order valence-corrected chi connectivity index (χ3v) is 4.07. The minimum absolute atomic E-state index is 0.144. The van der Waals surface area contributed by atoms with Gasteiger partial charge in [-0.25, -0.2) is 0 Å². The highest BCUT2D eigenvalue weighted by Crippen LogP contribution is 2.30. The Kier molecular flexibility index (Phi) is 2.71. The number of benzene rings is 1. The number of nitrogens with zero attached hydrogens (tertiary/aromatic N) is 1. The smallest absolute Gasteiger partial charge is 0.254 e. The van der Waals surface area contributed by atoms with Gasteiger partial charge in [0.05, 0.1) is 18.8 Å². The average molecular weight is 296 g/mol. The zero-order chi connectivity index (χ0) is 12.0. The van der Waals surface area contributed by atoms with Crippen molar-refractivity contribution in [1.29, 1.82) is 0 Å². The van der Waals surface area contributed by atoms with Crippen molar-refractivity contribution in [3.8, 4) is 0 Å². The highest BCUT2D eigenvalue weighted by molar-refractivity contribution is 9.10. The number of amides is 1. The zero-order valence-electron chi connectivity index (χ0n) is 9.65. The van der Waals surface area contributed by atoms with Gasteiger partial charge in [-0.05, 0) is 37.1 Å². The summed E-state index contributed by atoms with van der Waals surface area (Å²) in [5.41, 5.74) is 1.83. The molecule has 3 nitrogen and oxygen atoms in total. The van der Waals surface area contributed by atoms with E-state index in [9.17, 15) is 4.79 Å². The largest absolute Gasteiger partial charge is 0.374 e. The van der Waals surface area contributed by atoms with Gasteiger partial charge in [0.1, 0.15) is 0 Å². The normalized spacial score (nSPS) is 26.6. The number of hydrogen-bond donors (Lipinski definition) is 0. The monoisotopic (exact) mass is 295 g/mol. The Balaban J connectivity index is 1.87. The molecule has 0 N–H and O–H groups in total. The molecule has 0 aromatic heterocycles. The molecule has 17 heavy (non-hydrogen) atoms. The molecule has 2 unspecified atom stereocenters. The first-order valence-electron chi connectivity index (χ1n) is 5.84. The third-order valence-electron chi connectivity index (χ3n) is 3.58. The second-order valence-corrected chi connectivity index (χ2v) is 5.68. The van der Waals surface area contributed by atoms with Gasteiger partial charge in [0, 0.05) is 16.6 Å². The number of likely N-dealkylation sites (tertiary alicyclic amines) is 1. The Morgan fingerprint density at radius 2 is 2.35 bits per heavy atom. The van der Waals surface area contributed by atoms with Gasteiger partial charge in [0.2, 0.25) is 0 Å². The summed E-state index contributed by atoms with van der Waals surface area (Å²) in [4.78, 5) is 14.4. The van der Waals surface area contributed by atoms with E-state index in [0.717, 1.165) is 28.6 Å². The van der Waals surface area contributed by atoms with E-state index in [-0.39, 0.29) is 18.1 Å². The van der Waals surface area contributed by atoms with E-state index < -0.39 is 0 Å². The molecule has 1 aromatic rings. The second kappa shape index (κ2) is 4.10. The van der Waals surface area contributed by atoms with Crippen LogP contribution in [0.1, 0.15) is 22.3 Å². The van der Waals surface area contributed by atoms with Crippen LogP contribution in [0, 0.1) is 6.92 Å². The van der Waals surface area contributed by atoms with Crippen LogP contribution < -0.4 is 0 Å². The van der Waals surface area contributed by atoms with Crippen molar-refractivity contribution in [2.24, 2.45) is 0 Å². The van der Waals surface area contributed by atoms with Gasteiger partial charge >= 0.3 is 0 Å². The van der Waals surface area contributed by atoms with Crippen molar-refractivity contribution in [3.05, 3.63) is 33.8 Å². The number of halogens is 1. The Labute approximate surface area is 109 Å². The van der Waals surface area contributed by atoms with Gasteiger partial charge < -0.3 is 9.64 Å². The molecule has 2 saturated heterocycles. The Morgan fingerprint density at radius 3 is 2.94 bits per heavy atom. The van der Waals surface area contributed by atoms with Gasteiger partial charge in [-0.1, -0.05) is 15.9 Å². The summed E-state index contributed by atoms with van der Waals surface area (Å²) in [6.07, 6.45) is 1.26. The molecule has 0 spiro atoms. The average Bonchev–Trinajstić information content (AvgIpc) is 2.89. The van der Waals surface area contributed by atoms with Crippen LogP contribution in [0.5, 0.6) is 0 Å². The van der Waals surface area contributed by atoms with Crippen molar-refractivity contribution in [1.82, 2.24) is 4.90 Å². The molecular weight excluding hydrogens is 282 g/mol. The number of carbonyl (C=O) groups is 1. The topological polar surface area (TPSA) is 29.5 Å². The number of morpholine rings is 1. The number of carbonyl (C=O) groups excluding carboxylic acids is 1. The first kappa shape index (κ1) is 11.2. The fraction of sp³-hybridized carbons (Fsp3) is 0.462. The summed E-state index contributed by atoms with van der Waals surface area (Å²) in [5.74, 6) is 0.144.